The summed E-state index contributed by atoms with van der Waals surface area (Å²) < 4.78 is 0. The number of allylic oxidation sites excluding steroid dienone is 2. The van der Waals surface area contributed by atoms with Gasteiger partial charge in [0, 0.05) is 35.2 Å². The summed E-state index contributed by atoms with van der Waals surface area (Å²) >= 11 is 6.40. The number of Topliss-reactive ketones (excluding diaryl/α,β-unsaturated/α-hetero) is 1. The molecule has 1 N–H and O–H groups in total. The summed E-state index contributed by atoms with van der Waals surface area (Å²) in [4.78, 5) is 29.4. The number of fused-ring (bicyclic) bond motifs is 7. The van der Waals surface area contributed by atoms with E-state index in [4.69, 9.17) is 11.6 Å². The molecule has 5 heteroatoms. The third-order valence-corrected chi connectivity index (χ3v) is 8.86. The second kappa shape index (κ2) is 11.3. The SMILES string of the molecule is CC1C=C(Cl)C=C(C(=O)c2ccccc2)C1NC(=O)CN1Cc2ccc3ccccc3c2-c2c(ccc3ccccc23)C1. The van der Waals surface area contributed by atoms with Gasteiger partial charge in [-0.1, -0.05) is 128 Å². The summed E-state index contributed by atoms with van der Waals surface area (Å²) in [7, 11) is 0. The molecule has 43 heavy (non-hydrogen) atoms. The number of hydrogen-bond donors (Lipinski definition) is 1. The molecular formula is C38H31ClN2O2. The van der Waals surface area contributed by atoms with Gasteiger partial charge in [0.2, 0.25) is 5.91 Å². The van der Waals surface area contributed by atoms with Gasteiger partial charge in [-0.25, -0.2) is 0 Å². The van der Waals surface area contributed by atoms with Gasteiger partial charge in [0.15, 0.2) is 5.78 Å². The largest absolute Gasteiger partial charge is 0.347 e. The Morgan fingerprint density at radius 1 is 0.767 bits per heavy atom. The third kappa shape index (κ3) is 5.18. The first kappa shape index (κ1) is 27.3. The Bertz CT molecular complexity index is 1870. The number of amides is 1. The second-order valence-corrected chi connectivity index (χ2v) is 12.0. The van der Waals surface area contributed by atoms with Gasteiger partial charge in [-0.2, -0.15) is 0 Å². The number of ketones is 1. The van der Waals surface area contributed by atoms with Crippen LogP contribution in [-0.4, -0.2) is 29.2 Å². The summed E-state index contributed by atoms with van der Waals surface area (Å²) in [5, 5.41) is 8.55. The van der Waals surface area contributed by atoms with Crippen LogP contribution in [0.5, 0.6) is 0 Å². The minimum Gasteiger partial charge on any atom is -0.347 e. The van der Waals surface area contributed by atoms with Crippen LogP contribution in [0, 0.1) is 5.92 Å². The Morgan fingerprint density at radius 2 is 1.33 bits per heavy atom. The van der Waals surface area contributed by atoms with Crippen molar-refractivity contribution in [3.63, 3.8) is 0 Å². The number of carbonyl (C=O) groups excluding carboxylic acids is 2. The van der Waals surface area contributed by atoms with E-state index >= 15 is 0 Å². The summed E-state index contributed by atoms with van der Waals surface area (Å²) in [5.41, 5.74) is 5.96. The smallest absolute Gasteiger partial charge is 0.234 e. The van der Waals surface area contributed by atoms with Crippen molar-refractivity contribution in [1.82, 2.24) is 10.2 Å². The zero-order valence-corrected chi connectivity index (χ0v) is 24.6. The molecule has 0 aromatic heterocycles. The number of hydrogen-bond acceptors (Lipinski definition) is 3. The highest BCUT2D eigenvalue weighted by atomic mass is 35.5. The molecule has 2 atom stereocenters. The highest BCUT2D eigenvalue weighted by molar-refractivity contribution is 6.32. The lowest BCUT2D eigenvalue weighted by Crippen LogP contribution is -2.47. The van der Waals surface area contributed by atoms with Crippen LogP contribution in [0.2, 0.25) is 0 Å². The van der Waals surface area contributed by atoms with Gasteiger partial charge in [-0.15, -0.1) is 0 Å². The number of nitrogens with zero attached hydrogens (tertiary/aromatic N) is 1. The molecule has 1 heterocycles. The average Bonchev–Trinajstić information content (AvgIpc) is 3.18. The van der Waals surface area contributed by atoms with Gasteiger partial charge in [-0.05, 0) is 49.9 Å². The molecule has 4 nitrogen and oxygen atoms in total. The molecule has 0 fully saturated rings. The standard InChI is InChI=1S/C38H31ClN2O2/c1-24-19-30(39)20-33(38(43)27-11-3-2-4-12-27)37(24)40-34(42)23-41-21-28-17-15-25-9-5-7-13-31(25)35(28)36-29(22-41)18-16-26-10-6-8-14-32(26)36/h2-20,24,37H,21-23H2,1H3,(H,40,42). The number of rotatable bonds is 5. The highest BCUT2D eigenvalue weighted by Gasteiger charge is 2.31. The number of nitrogens with one attached hydrogen (secondary N) is 1. The fourth-order valence-electron chi connectivity index (χ4n) is 6.65. The molecule has 0 spiro atoms. The molecule has 5 aromatic rings. The minimum absolute atomic E-state index is 0.124. The molecule has 0 saturated heterocycles. The van der Waals surface area contributed by atoms with E-state index in [0.717, 1.165) is 0 Å². The van der Waals surface area contributed by atoms with Crippen LogP contribution in [0.3, 0.4) is 0 Å². The maximum atomic E-state index is 13.7. The Hall–Kier alpha value is -4.51. The van der Waals surface area contributed by atoms with Crippen molar-refractivity contribution in [3.05, 3.63) is 143 Å². The fourth-order valence-corrected chi connectivity index (χ4v) is 6.96. The Balaban J connectivity index is 1.22. The first-order valence-corrected chi connectivity index (χ1v) is 15.1. The second-order valence-electron chi connectivity index (χ2n) is 11.5. The van der Waals surface area contributed by atoms with Crippen LogP contribution in [0.4, 0.5) is 0 Å². The lowest BCUT2D eigenvalue weighted by Gasteiger charge is -2.30. The number of benzene rings is 5. The van der Waals surface area contributed by atoms with Crippen LogP contribution in [-0.2, 0) is 17.9 Å². The maximum Gasteiger partial charge on any atom is 0.234 e. The Labute approximate surface area is 256 Å². The van der Waals surface area contributed by atoms with Crippen molar-refractivity contribution >= 4 is 44.8 Å². The molecule has 2 unspecified atom stereocenters. The van der Waals surface area contributed by atoms with Crippen LogP contribution >= 0.6 is 11.6 Å². The van der Waals surface area contributed by atoms with Crippen molar-refractivity contribution in [2.45, 2.75) is 26.1 Å². The van der Waals surface area contributed by atoms with E-state index in [1.807, 2.05) is 31.2 Å². The van der Waals surface area contributed by atoms with Gasteiger partial charge in [0.1, 0.15) is 0 Å². The molecule has 212 valence electrons. The highest BCUT2D eigenvalue weighted by Crippen LogP contribution is 2.42. The lowest BCUT2D eigenvalue weighted by atomic mass is 9.85. The quantitative estimate of drug-likeness (QED) is 0.213. The van der Waals surface area contributed by atoms with E-state index in [0.29, 0.717) is 29.3 Å². The van der Waals surface area contributed by atoms with Crippen LogP contribution in [0.1, 0.15) is 28.4 Å². The molecule has 1 amide bonds. The number of halogens is 1. The van der Waals surface area contributed by atoms with Crippen molar-refractivity contribution in [1.29, 1.82) is 0 Å². The fraction of sp³-hybridized carbons (Fsp3) is 0.158. The number of carbonyl (C=O) groups is 2. The van der Waals surface area contributed by atoms with E-state index < -0.39 is 6.04 Å². The van der Waals surface area contributed by atoms with Crippen molar-refractivity contribution in [2.24, 2.45) is 5.92 Å². The van der Waals surface area contributed by atoms with Gasteiger partial charge < -0.3 is 5.32 Å². The normalized spacial score (nSPS) is 18.3. The zero-order chi connectivity index (χ0) is 29.5. The van der Waals surface area contributed by atoms with Gasteiger partial charge >= 0.3 is 0 Å². The molecule has 1 aliphatic carbocycles. The van der Waals surface area contributed by atoms with Crippen molar-refractivity contribution < 1.29 is 9.59 Å². The average molecular weight is 583 g/mol. The Morgan fingerprint density at radius 3 is 1.93 bits per heavy atom. The third-order valence-electron chi connectivity index (χ3n) is 8.63. The van der Waals surface area contributed by atoms with E-state index in [9.17, 15) is 9.59 Å². The lowest BCUT2D eigenvalue weighted by molar-refractivity contribution is -0.123. The van der Waals surface area contributed by atoms with Crippen LogP contribution in [0.25, 0.3) is 32.7 Å². The van der Waals surface area contributed by atoms with Gasteiger partial charge in [0.05, 0.1) is 12.6 Å². The summed E-state index contributed by atoms with van der Waals surface area (Å²) in [6.07, 6.45) is 3.58. The van der Waals surface area contributed by atoms with Crippen LogP contribution in [0.15, 0.2) is 126 Å². The van der Waals surface area contributed by atoms with Crippen LogP contribution < -0.4 is 5.32 Å². The minimum atomic E-state index is -0.470. The summed E-state index contributed by atoms with van der Waals surface area (Å²) in [5.74, 6) is -0.380. The maximum absolute atomic E-state index is 13.7. The molecule has 1 aliphatic heterocycles. The van der Waals surface area contributed by atoms with Crippen molar-refractivity contribution in [3.8, 4) is 11.1 Å². The van der Waals surface area contributed by atoms with Gasteiger partial charge in [0.25, 0.3) is 0 Å². The molecule has 0 bridgehead atoms. The molecule has 2 aliphatic rings. The summed E-state index contributed by atoms with van der Waals surface area (Å²) in [6.45, 7) is 3.45. The van der Waals surface area contributed by atoms with E-state index in [1.165, 1.54) is 43.8 Å². The van der Waals surface area contributed by atoms with E-state index in [2.05, 4.69) is 83.0 Å². The molecule has 0 saturated carbocycles. The molecule has 5 aromatic carbocycles. The van der Waals surface area contributed by atoms with Crippen molar-refractivity contribution in [2.75, 3.05) is 6.54 Å². The molecule has 0 radical (unpaired) electrons. The zero-order valence-electron chi connectivity index (χ0n) is 23.9. The van der Waals surface area contributed by atoms with E-state index in [1.54, 1.807) is 18.2 Å². The topological polar surface area (TPSA) is 49.4 Å². The first-order valence-electron chi connectivity index (χ1n) is 14.7. The van der Waals surface area contributed by atoms with Gasteiger partial charge in [-0.3, -0.25) is 14.5 Å². The first-order chi connectivity index (χ1) is 21.0. The molecular weight excluding hydrogens is 552 g/mol. The van der Waals surface area contributed by atoms with E-state index in [-0.39, 0.29) is 24.2 Å². The monoisotopic (exact) mass is 582 g/mol. The predicted octanol–water partition coefficient (Wildman–Crippen LogP) is 8.04. The Kier molecular flexibility index (Phi) is 7.18. The molecule has 7 rings (SSSR count). The predicted molar refractivity (Wildman–Crippen MR) is 175 cm³/mol. The summed E-state index contributed by atoms with van der Waals surface area (Å²) in [6, 6.07) is 34.5.